The molecule has 3 nitrogen and oxygen atoms in total. The van der Waals surface area contributed by atoms with E-state index < -0.39 is 11.4 Å². The molecule has 0 radical (unpaired) electrons. The number of carbonyl (C=O) groups is 1. The van der Waals surface area contributed by atoms with Crippen molar-refractivity contribution in [1.29, 1.82) is 0 Å². The van der Waals surface area contributed by atoms with Crippen molar-refractivity contribution >= 4 is 5.97 Å². The third-order valence-electron chi connectivity index (χ3n) is 4.68. The molecule has 0 aliphatic heterocycles. The fourth-order valence-corrected chi connectivity index (χ4v) is 3.40. The Morgan fingerprint density at radius 1 is 1.40 bits per heavy atom. The fourth-order valence-electron chi connectivity index (χ4n) is 3.40. The van der Waals surface area contributed by atoms with Gasteiger partial charge in [0.2, 0.25) is 0 Å². The standard InChI is InChI=1S/C17H24O3/c1-3-13-5-4-10-17(11-13,16(18)19)12-14-6-8-15(20-2)9-7-14/h6-9,13H,3-5,10-12H2,1-2H3,(H,18,19). The number of carboxylic acids is 1. The smallest absolute Gasteiger partial charge is 0.309 e. The van der Waals surface area contributed by atoms with Crippen LogP contribution in [0, 0.1) is 11.3 Å². The first kappa shape index (κ1) is 14.9. The van der Waals surface area contributed by atoms with Gasteiger partial charge in [0.05, 0.1) is 12.5 Å². The first-order valence-corrected chi connectivity index (χ1v) is 7.46. The fraction of sp³-hybridized carbons (Fsp3) is 0.588. The van der Waals surface area contributed by atoms with Crippen molar-refractivity contribution in [2.75, 3.05) is 7.11 Å². The molecule has 2 rings (SSSR count). The lowest BCUT2D eigenvalue weighted by Crippen LogP contribution is -2.38. The zero-order valence-electron chi connectivity index (χ0n) is 12.4. The molecule has 0 bridgehead atoms. The van der Waals surface area contributed by atoms with E-state index >= 15 is 0 Å². The third kappa shape index (κ3) is 3.14. The molecule has 2 unspecified atom stereocenters. The molecule has 3 heteroatoms. The molecule has 0 spiro atoms. The van der Waals surface area contributed by atoms with Crippen LogP contribution >= 0.6 is 0 Å². The predicted octanol–water partition coefficient (Wildman–Crippen LogP) is 3.91. The van der Waals surface area contributed by atoms with Gasteiger partial charge in [0.15, 0.2) is 0 Å². The van der Waals surface area contributed by atoms with Crippen LogP contribution in [-0.4, -0.2) is 18.2 Å². The first-order valence-electron chi connectivity index (χ1n) is 7.46. The Bertz CT molecular complexity index is 452. The Morgan fingerprint density at radius 3 is 2.65 bits per heavy atom. The largest absolute Gasteiger partial charge is 0.497 e. The maximum Gasteiger partial charge on any atom is 0.309 e. The van der Waals surface area contributed by atoms with Crippen molar-refractivity contribution in [2.24, 2.45) is 11.3 Å². The molecule has 20 heavy (non-hydrogen) atoms. The van der Waals surface area contributed by atoms with Crippen LogP contribution in [-0.2, 0) is 11.2 Å². The topological polar surface area (TPSA) is 46.5 Å². The Morgan fingerprint density at radius 2 is 2.10 bits per heavy atom. The highest BCUT2D eigenvalue weighted by molar-refractivity contribution is 5.75. The van der Waals surface area contributed by atoms with Crippen LogP contribution in [0.2, 0.25) is 0 Å². The van der Waals surface area contributed by atoms with E-state index in [1.165, 1.54) is 6.42 Å². The first-order chi connectivity index (χ1) is 9.59. The molecule has 0 saturated heterocycles. The van der Waals surface area contributed by atoms with Crippen LogP contribution in [0.15, 0.2) is 24.3 Å². The average molecular weight is 276 g/mol. The number of ether oxygens (including phenoxy) is 1. The van der Waals surface area contributed by atoms with E-state index in [1.807, 2.05) is 24.3 Å². The summed E-state index contributed by atoms with van der Waals surface area (Å²) in [5.41, 5.74) is 0.512. The van der Waals surface area contributed by atoms with Crippen molar-refractivity contribution in [3.63, 3.8) is 0 Å². The SMILES string of the molecule is CCC1CCCC(Cc2ccc(OC)cc2)(C(=O)O)C1. The Kier molecular flexibility index (Phi) is 4.69. The molecule has 2 atom stereocenters. The molecule has 1 aliphatic carbocycles. The summed E-state index contributed by atoms with van der Waals surface area (Å²) in [5, 5.41) is 9.74. The van der Waals surface area contributed by atoms with Crippen LogP contribution in [0.1, 0.15) is 44.6 Å². The average Bonchev–Trinajstić information content (AvgIpc) is 2.48. The monoisotopic (exact) mass is 276 g/mol. The van der Waals surface area contributed by atoms with Crippen molar-refractivity contribution in [3.05, 3.63) is 29.8 Å². The number of hydrogen-bond acceptors (Lipinski definition) is 2. The number of aliphatic carboxylic acids is 1. The molecule has 1 saturated carbocycles. The maximum absolute atomic E-state index is 11.8. The van der Waals surface area contributed by atoms with E-state index in [0.29, 0.717) is 12.3 Å². The number of carboxylic acid groups (broad SMARTS) is 1. The van der Waals surface area contributed by atoms with Gasteiger partial charge in [0.25, 0.3) is 0 Å². The Hall–Kier alpha value is -1.51. The molecule has 0 amide bonds. The minimum absolute atomic E-state index is 0.554. The van der Waals surface area contributed by atoms with E-state index in [-0.39, 0.29) is 0 Å². The summed E-state index contributed by atoms with van der Waals surface area (Å²) < 4.78 is 5.15. The predicted molar refractivity (Wildman–Crippen MR) is 79.0 cm³/mol. The minimum atomic E-state index is -0.633. The quantitative estimate of drug-likeness (QED) is 0.887. The Labute approximate surface area is 121 Å². The Balaban J connectivity index is 2.17. The number of benzene rings is 1. The third-order valence-corrected chi connectivity index (χ3v) is 4.68. The van der Waals surface area contributed by atoms with Gasteiger partial charge in [-0.05, 0) is 42.9 Å². The lowest BCUT2D eigenvalue weighted by Gasteiger charge is -2.37. The van der Waals surface area contributed by atoms with E-state index in [0.717, 1.165) is 37.0 Å². The maximum atomic E-state index is 11.8. The molecule has 1 aromatic rings. The molecular weight excluding hydrogens is 252 g/mol. The van der Waals surface area contributed by atoms with Gasteiger partial charge < -0.3 is 9.84 Å². The van der Waals surface area contributed by atoms with Crippen molar-refractivity contribution < 1.29 is 14.6 Å². The van der Waals surface area contributed by atoms with Crippen LogP contribution in [0.3, 0.4) is 0 Å². The van der Waals surface area contributed by atoms with Crippen molar-refractivity contribution in [2.45, 2.75) is 45.4 Å². The second-order valence-corrected chi connectivity index (χ2v) is 5.98. The van der Waals surface area contributed by atoms with Crippen LogP contribution < -0.4 is 4.74 Å². The summed E-state index contributed by atoms with van der Waals surface area (Å²) in [4.78, 5) is 11.8. The highest BCUT2D eigenvalue weighted by Crippen LogP contribution is 2.43. The zero-order chi connectivity index (χ0) is 14.6. The van der Waals surface area contributed by atoms with E-state index in [4.69, 9.17) is 4.74 Å². The van der Waals surface area contributed by atoms with Gasteiger partial charge in [-0.3, -0.25) is 4.79 Å². The van der Waals surface area contributed by atoms with Gasteiger partial charge in [-0.2, -0.15) is 0 Å². The zero-order valence-corrected chi connectivity index (χ0v) is 12.4. The molecule has 0 heterocycles. The van der Waals surface area contributed by atoms with Gasteiger partial charge >= 0.3 is 5.97 Å². The molecular formula is C17H24O3. The highest BCUT2D eigenvalue weighted by Gasteiger charge is 2.42. The van der Waals surface area contributed by atoms with Crippen LogP contribution in [0.4, 0.5) is 0 Å². The number of hydrogen-bond donors (Lipinski definition) is 1. The summed E-state index contributed by atoms with van der Waals surface area (Å²) in [6.45, 7) is 2.16. The molecule has 1 aliphatic rings. The van der Waals surface area contributed by atoms with Crippen molar-refractivity contribution in [3.8, 4) is 5.75 Å². The molecule has 0 aromatic heterocycles. The lowest BCUT2D eigenvalue weighted by atomic mass is 9.66. The summed E-state index contributed by atoms with van der Waals surface area (Å²) in [5.74, 6) is 0.734. The van der Waals surface area contributed by atoms with E-state index in [1.54, 1.807) is 7.11 Å². The number of rotatable bonds is 5. The van der Waals surface area contributed by atoms with Gasteiger partial charge in [0.1, 0.15) is 5.75 Å². The summed E-state index contributed by atoms with van der Waals surface area (Å²) >= 11 is 0. The molecule has 1 fully saturated rings. The van der Waals surface area contributed by atoms with E-state index in [9.17, 15) is 9.90 Å². The summed E-state index contributed by atoms with van der Waals surface area (Å²) in [6, 6.07) is 7.79. The molecule has 1 aromatic carbocycles. The van der Waals surface area contributed by atoms with Crippen LogP contribution in [0.5, 0.6) is 5.75 Å². The van der Waals surface area contributed by atoms with Gasteiger partial charge in [-0.25, -0.2) is 0 Å². The summed E-state index contributed by atoms with van der Waals surface area (Å²) in [7, 11) is 1.64. The lowest BCUT2D eigenvalue weighted by molar-refractivity contribution is -0.152. The minimum Gasteiger partial charge on any atom is -0.497 e. The second kappa shape index (κ2) is 6.29. The normalized spacial score (nSPS) is 26.2. The summed E-state index contributed by atoms with van der Waals surface area (Å²) in [6.07, 6.45) is 5.52. The second-order valence-electron chi connectivity index (χ2n) is 5.98. The van der Waals surface area contributed by atoms with Gasteiger partial charge in [-0.1, -0.05) is 38.3 Å². The molecule has 1 N–H and O–H groups in total. The highest BCUT2D eigenvalue weighted by atomic mass is 16.5. The van der Waals surface area contributed by atoms with Gasteiger partial charge in [-0.15, -0.1) is 0 Å². The van der Waals surface area contributed by atoms with Gasteiger partial charge in [0, 0.05) is 0 Å². The van der Waals surface area contributed by atoms with Crippen molar-refractivity contribution in [1.82, 2.24) is 0 Å². The van der Waals surface area contributed by atoms with E-state index in [2.05, 4.69) is 6.92 Å². The van der Waals surface area contributed by atoms with Crippen LogP contribution in [0.25, 0.3) is 0 Å². The molecule has 110 valence electrons. The number of methoxy groups -OCH3 is 1.